The van der Waals surface area contributed by atoms with Crippen molar-refractivity contribution in [2.45, 2.75) is 38.4 Å². The van der Waals surface area contributed by atoms with E-state index in [-0.39, 0.29) is 0 Å². The maximum atomic E-state index is 9.85. The largest absolute Gasteiger partial charge is 0.508 e. The lowest BCUT2D eigenvalue weighted by molar-refractivity contribution is 0.168. The molecule has 1 aliphatic heterocycles. The van der Waals surface area contributed by atoms with Crippen LogP contribution in [0.5, 0.6) is 11.5 Å². The molecule has 1 aromatic carbocycles. The molecule has 2 atom stereocenters. The summed E-state index contributed by atoms with van der Waals surface area (Å²) in [6.07, 6.45) is 2.31. The van der Waals surface area contributed by atoms with Crippen molar-refractivity contribution in [1.29, 1.82) is 0 Å². The van der Waals surface area contributed by atoms with E-state index in [1.807, 2.05) is 6.07 Å². The van der Waals surface area contributed by atoms with Gasteiger partial charge in [0.1, 0.15) is 11.5 Å². The number of nitrogens with one attached hydrogen (secondary N) is 1. The predicted molar refractivity (Wildman–Crippen MR) is 76.6 cm³/mol. The summed E-state index contributed by atoms with van der Waals surface area (Å²) in [5.74, 6) is 1.11. The molecule has 1 aliphatic rings. The van der Waals surface area contributed by atoms with E-state index in [2.05, 4.69) is 24.2 Å². The molecular formula is C15H24N2O2. The van der Waals surface area contributed by atoms with Crippen molar-refractivity contribution in [2.75, 3.05) is 20.7 Å². The fraction of sp³-hybridized carbons (Fsp3) is 0.600. The molecule has 0 aromatic heterocycles. The van der Waals surface area contributed by atoms with Crippen molar-refractivity contribution in [2.24, 2.45) is 0 Å². The molecule has 0 saturated carbocycles. The minimum absolute atomic E-state index is 0.328. The zero-order chi connectivity index (χ0) is 13.8. The van der Waals surface area contributed by atoms with E-state index in [0.717, 1.165) is 30.7 Å². The quantitative estimate of drug-likeness (QED) is 0.873. The van der Waals surface area contributed by atoms with E-state index in [1.165, 1.54) is 0 Å². The number of ether oxygens (including phenoxy) is 1. The number of rotatable bonds is 4. The van der Waals surface area contributed by atoms with Crippen molar-refractivity contribution in [3.8, 4) is 11.5 Å². The van der Waals surface area contributed by atoms with Gasteiger partial charge in [-0.1, -0.05) is 0 Å². The molecule has 2 N–H and O–H groups in total. The Balaban J connectivity index is 1.92. The van der Waals surface area contributed by atoms with Crippen LogP contribution in [-0.2, 0) is 6.54 Å². The molecule has 106 valence electrons. The van der Waals surface area contributed by atoms with Crippen molar-refractivity contribution in [3.05, 3.63) is 23.8 Å². The maximum Gasteiger partial charge on any atom is 0.120 e. The smallest absolute Gasteiger partial charge is 0.120 e. The lowest BCUT2D eigenvalue weighted by atomic mass is 9.98. The standard InChI is InChI=1S/C15H24N2O2/c1-11-8-13(6-7-17(11)2)16-10-12-9-14(19-3)4-5-15(12)18/h4-5,9,11,13,16,18H,6-8,10H2,1-3H3. The third-order valence-corrected chi connectivity index (χ3v) is 4.08. The van der Waals surface area contributed by atoms with Gasteiger partial charge in [-0.25, -0.2) is 0 Å². The first-order valence-corrected chi connectivity index (χ1v) is 6.89. The van der Waals surface area contributed by atoms with Gasteiger partial charge in [0.05, 0.1) is 7.11 Å². The molecule has 1 heterocycles. The molecule has 4 heteroatoms. The van der Waals surface area contributed by atoms with Crippen molar-refractivity contribution in [3.63, 3.8) is 0 Å². The second kappa shape index (κ2) is 6.26. The number of hydrogen-bond donors (Lipinski definition) is 2. The van der Waals surface area contributed by atoms with Crippen molar-refractivity contribution in [1.82, 2.24) is 10.2 Å². The van der Waals surface area contributed by atoms with Gasteiger partial charge in [-0.3, -0.25) is 0 Å². The molecule has 0 radical (unpaired) electrons. The summed E-state index contributed by atoms with van der Waals surface area (Å²) in [5, 5.41) is 13.4. The van der Waals surface area contributed by atoms with Crippen molar-refractivity contribution < 1.29 is 9.84 Å². The Morgan fingerprint density at radius 1 is 1.47 bits per heavy atom. The Labute approximate surface area is 115 Å². The number of phenolic OH excluding ortho intramolecular Hbond substituents is 1. The molecule has 0 spiro atoms. The first-order valence-electron chi connectivity index (χ1n) is 6.89. The minimum atomic E-state index is 0.328. The predicted octanol–water partition coefficient (Wildman–Crippen LogP) is 1.97. The van der Waals surface area contributed by atoms with Gasteiger partial charge in [-0.05, 0) is 51.6 Å². The number of methoxy groups -OCH3 is 1. The number of phenols is 1. The summed E-state index contributed by atoms with van der Waals surface area (Å²) >= 11 is 0. The average molecular weight is 264 g/mol. The van der Waals surface area contributed by atoms with Gasteiger partial charge < -0.3 is 20.1 Å². The Hall–Kier alpha value is -1.26. The summed E-state index contributed by atoms with van der Waals surface area (Å²) in [6, 6.07) is 6.49. The Bertz CT molecular complexity index is 423. The zero-order valence-corrected chi connectivity index (χ0v) is 12.0. The number of nitrogens with zero attached hydrogens (tertiary/aromatic N) is 1. The first-order chi connectivity index (χ1) is 9.10. The highest BCUT2D eigenvalue weighted by Crippen LogP contribution is 2.23. The molecule has 2 rings (SSSR count). The number of likely N-dealkylation sites (tertiary alicyclic amines) is 1. The second-order valence-corrected chi connectivity index (χ2v) is 5.43. The zero-order valence-electron chi connectivity index (χ0n) is 12.0. The van der Waals surface area contributed by atoms with Gasteiger partial charge in [0, 0.05) is 24.2 Å². The van der Waals surface area contributed by atoms with Gasteiger partial charge in [-0.2, -0.15) is 0 Å². The third-order valence-electron chi connectivity index (χ3n) is 4.08. The summed E-state index contributed by atoms with van der Waals surface area (Å²) in [4.78, 5) is 2.39. The highest BCUT2D eigenvalue weighted by molar-refractivity contribution is 5.39. The topological polar surface area (TPSA) is 44.7 Å². The number of hydrogen-bond acceptors (Lipinski definition) is 4. The van der Waals surface area contributed by atoms with Crippen LogP contribution in [0.4, 0.5) is 0 Å². The van der Waals surface area contributed by atoms with Gasteiger partial charge in [0.2, 0.25) is 0 Å². The van der Waals surface area contributed by atoms with E-state index in [4.69, 9.17) is 4.74 Å². The number of benzene rings is 1. The second-order valence-electron chi connectivity index (χ2n) is 5.43. The van der Waals surface area contributed by atoms with Crippen LogP contribution in [0, 0.1) is 0 Å². The molecule has 1 saturated heterocycles. The fourth-order valence-electron chi connectivity index (χ4n) is 2.56. The Morgan fingerprint density at radius 2 is 2.26 bits per heavy atom. The monoisotopic (exact) mass is 264 g/mol. The van der Waals surface area contributed by atoms with E-state index >= 15 is 0 Å². The molecular weight excluding hydrogens is 240 g/mol. The number of aromatic hydroxyl groups is 1. The molecule has 2 unspecified atom stereocenters. The molecule has 1 aromatic rings. The average Bonchev–Trinajstić information content (AvgIpc) is 2.41. The van der Waals surface area contributed by atoms with Gasteiger partial charge >= 0.3 is 0 Å². The fourth-order valence-corrected chi connectivity index (χ4v) is 2.56. The molecule has 1 fully saturated rings. The van der Waals surface area contributed by atoms with Crippen LogP contribution in [0.15, 0.2) is 18.2 Å². The van der Waals surface area contributed by atoms with Crippen LogP contribution in [0.2, 0.25) is 0 Å². The summed E-state index contributed by atoms with van der Waals surface area (Å²) < 4.78 is 5.19. The molecule has 0 amide bonds. The maximum absolute atomic E-state index is 9.85. The van der Waals surface area contributed by atoms with Crippen LogP contribution in [-0.4, -0.2) is 42.8 Å². The normalized spacial score (nSPS) is 24.4. The molecule has 0 aliphatic carbocycles. The Kier molecular flexibility index (Phi) is 4.66. The lowest BCUT2D eigenvalue weighted by Gasteiger charge is -2.35. The lowest BCUT2D eigenvalue weighted by Crippen LogP contribution is -2.45. The van der Waals surface area contributed by atoms with E-state index in [1.54, 1.807) is 19.2 Å². The van der Waals surface area contributed by atoms with Crippen molar-refractivity contribution >= 4 is 0 Å². The van der Waals surface area contributed by atoms with Crippen LogP contribution in [0.3, 0.4) is 0 Å². The summed E-state index contributed by atoms with van der Waals surface area (Å²) in [7, 11) is 3.82. The molecule has 0 bridgehead atoms. The third kappa shape index (κ3) is 3.61. The van der Waals surface area contributed by atoms with Crippen LogP contribution in [0.1, 0.15) is 25.3 Å². The summed E-state index contributed by atoms with van der Waals surface area (Å²) in [6.45, 7) is 4.07. The van der Waals surface area contributed by atoms with Crippen LogP contribution in [0.25, 0.3) is 0 Å². The van der Waals surface area contributed by atoms with Gasteiger partial charge in [0.25, 0.3) is 0 Å². The minimum Gasteiger partial charge on any atom is -0.508 e. The highest BCUT2D eigenvalue weighted by Gasteiger charge is 2.22. The molecule has 4 nitrogen and oxygen atoms in total. The highest BCUT2D eigenvalue weighted by atomic mass is 16.5. The van der Waals surface area contributed by atoms with E-state index in [0.29, 0.717) is 24.4 Å². The van der Waals surface area contributed by atoms with Crippen LogP contribution >= 0.6 is 0 Å². The summed E-state index contributed by atoms with van der Waals surface area (Å²) in [5.41, 5.74) is 0.894. The SMILES string of the molecule is COc1ccc(O)c(CNC2CCN(C)C(C)C2)c1. The first kappa shape index (κ1) is 14.2. The number of piperidine rings is 1. The Morgan fingerprint density at radius 3 is 2.95 bits per heavy atom. The van der Waals surface area contributed by atoms with Gasteiger partial charge in [-0.15, -0.1) is 0 Å². The van der Waals surface area contributed by atoms with Gasteiger partial charge in [0.15, 0.2) is 0 Å². The molecule has 19 heavy (non-hydrogen) atoms. The van der Waals surface area contributed by atoms with E-state index in [9.17, 15) is 5.11 Å². The van der Waals surface area contributed by atoms with Crippen LogP contribution < -0.4 is 10.1 Å². The van der Waals surface area contributed by atoms with E-state index < -0.39 is 0 Å².